The monoisotopic (exact) mass is 457 g/mol. The highest BCUT2D eigenvalue weighted by Gasteiger charge is 1.99. The number of anilines is 1. The first-order valence-corrected chi connectivity index (χ1v) is 8.12. The molecule has 7 heteroatoms. The molecule has 1 aromatic heterocycles. The lowest BCUT2D eigenvalue weighted by atomic mass is 10.2. The molecule has 0 atom stereocenters. The van der Waals surface area contributed by atoms with Crippen molar-refractivity contribution in [2.45, 2.75) is 19.4 Å². The molecule has 1 heterocycles. The minimum atomic E-state index is -0.222. The Morgan fingerprint density at radius 2 is 1.80 bits per heavy atom. The number of aliphatic imine (C=N–C) groups is 1. The number of nitrogens with zero attached hydrogens (tertiary/aromatic N) is 2. The van der Waals surface area contributed by atoms with Crippen molar-refractivity contribution in [1.82, 2.24) is 15.6 Å². The predicted octanol–water partition coefficient (Wildman–Crippen LogP) is 3.40. The third kappa shape index (κ3) is 8.67. The molecule has 0 saturated heterocycles. The molecule has 25 heavy (non-hydrogen) atoms. The Balaban J connectivity index is 0.00000312. The van der Waals surface area contributed by atoms with Crippen molar-refractivity contribution in [1.29, 1.82) is 0 Å². The molecule has 0 spiro atoms. The molecular formula is C18H25FIN5. The smallest absolute Gasteiger partial charge is 0.191 e. The van der Waals surface area contributed by atoms with Gasteiger partial charge in [0.2, 0.25) is 0 Å². The SMILES string of the molecule is CN=C(NCCCCNc1ccccn1)NCc1ccc(F)cc1.I. The van der Waals surface area contributed by atoms with Crippen LogP contribution in [-0.4, -0.2) is 31.1 Å². The summed E-state index contributed by atoms with van der Waals surface area (Å²) in [6.07, 6.45) is 3.84. The van der Waals surface area contributed by atoms with Crippen LogP contribution in [0, 0.1) is 5.82 Å². The maximum absolute atomic E-state index is 12.9. The third-order valence-electron chi connectivity index (χ3n) is 3.46. The van der Waals surface area contributed by atoms with E-state index in [0.717, 1.165) is 43.3 Å². The molecule has 0 saturated carbocycles. The highest BCUT2D eigenvalue weighted by Crippen LogP contribution is 2.02. The van der Waals surface area contributed by atoms with Crippen LogP contribution in [0.4, 0.5) is 10.2 Å². The Morgan fingerprint density at radius 3 is 2.48 bits per heavy atom. The lowest BCUT2D eigenvalue weighted by Gasteiger charge is -2.12. The van der Waals surface area contributed by atoms with Crippen LogP contribution < -0.4 is 16.0 Å². The first-order chi connectivity index (χ1) is 11.8. The normalized spacial score (nSPS) is 10.7. The fourth-order valence-electron chi connectivity index (χ4n) is 2.15. The lowest BCUT2D eigenvalue weighted by molar-refractivity contribution is 0.626. The highest BCUT2D eigenvalue weighted by molar-refractivity contribution is 14.0. The molecule has 0 aliphatic heterocycles. The number of unbranched alkanes of at least 4 members (excludes halogenated alkanes) is 1. The van der Waals surface area contributed by atoms with Gasteiger partial charge in [0.25, 0.3) is 0 Å². The van der Waals surface area contributed by atoms with Gasteiger partial charge in [-0.25, -0.2) is 9.37 Å². The summed E-state index contributed by atoms with van der Waals surface area (Å²) >= 11 is 0. The van der Waals surface area contributed by atoms with Gasteiger partial charge in [-0.15, -0.1) is 24.0 Å². The van der Waals surface area contributed by atoms with Crippen LogP contribution in [0.2, 0.25) is 0 Å². The second-order valence-corrected chi connectivity index (χ2v) is 5.33. The fourth-order valence-corrected chi connectivity index (χ4v) is 2.15. The van der Waals surface area contributed by atoms with E-state index in [9.17, 15) is 4.39 Å². The van der Waals surface area contributed by atoms with Crippen molar-refractivity contribution in [3.8, 4) is 0 Å². The van der Waals surface area contributed by atoms with E-state index >= 15 is 0 Å². The van der Waals surface area contributed by atoms with E-state index in [1.807, 2.05) is 18.2 Å². The summed E-state index contributed by atoms with van der Waals surface area (Å²) in [5.41, 5.74) is 1.01. The summed E-state index contributed by atoms with van der Waals surface area (Å²) in [7, 11) is 1.74. The molecular weight excluding hydrogens is 432 g/mol. The maximum Gasteiger partial charge on any atom is 0.191 e. The van der Waals surface area contributed by atoms with Gasteiger partial charge in [-0.3, -0.25) is 4.99 Å². The Bertz CT molecular complexity index is 619. The molecule has 3 N–H and O–H groups in total. The topological polar surface area (TPSA) is 61.3 Å². The van der Waals surface area contributed by atoms with Crippen LogP contribution >= 0.6 is 24.0 Å². The number of hydrogen-bond donors (Lipinski definition) is 3. The van der Waals surface area contributed by atoms with Gasteiger partial charge in [0.1, 0.15) is 11.6 Å². The molecule has 0 unspecified atom stereocenters. The average molecular weight is 457 g/mol. The van der Waals surface area contributed by atoms with E-state index in [1.165, 1.54) is 12.1 Å². The van der Waals surface area contributed by atoms with Crippen LogP contribution in [0.15, 0.2) is 53.7 Å². The predicted molar refractivity (Wildman–Crippen MR) is 112 cm³/mol. The quantitative estimate of drug-likeness (QED) is 0.246. The van der Waals surface area contributed by atoms with Gasteiger partial charge in [-0.2, -0.15) is 0 Å². The fraction of sp³-hybridized carbons (Fsp3) is 0.333. The average Bonchev–Trinajstić information content (AvgIpc) is 2.63. The first kappa shape index (κ1) is 21.1. The van der Waals surface area contributed by atoms with E-state index < -0.39 is 0 Å². The van der Waals surface area contributed by atoms with Crippen molar-refractivity contribution in [3.05, 3.63) is 60.0 Å². The second kappa shape index (κ2) is 12.5. The summed E-state index contributed by atoms with van der Waals surface area (Å²) in [4.78, 5) is 8.40. The van der Waals surface area contributed by atoms with Crippen LogP contribution in [0.25, 0.3) is 0 Å². The number of hydrogen-bond acceptors (Lipinski definition) is 3. The zero-order valence-corrected chi connectivity index (χ0v) is 16.7. The standard InChI is InChI=1S/C18H24FN5.HI/c1-20-18(24-14-15-7-9-16(19)10-8-15)23-13-5-4-12-22-17-6-2-3-11-21-17;/h2-3,6-11H,4-5,12-14H2,1H3,(H,21,22)(H2,20,23,24);1H. The van der Waals surface area contributed by atoms with Crippen molar-refractivity contribution in [3.63, 3.8) is 0 Å². The minimum absolute atomic E-state index is 0. The Hall–Kier alpha value is -1.90. The van der Waals surface area contributed by atoms with Crippen molar-refractivity contribution in [2.75, 3.05) is 25.5 Å². The summed E-state index contributed by atoms with van der Waals surface area (Å²) < 4.78 is 12.9. The van der Waals surface area contributed by atoms with Gasteiger partial charge in [0.15, 0.2) is 5.96 Å². The third-order valence-corrected chi connectivity index (χ3v) is 3.46. The van der Waals surface area contributed by atoms with E-state index in [1.54, 1.807) is 25.4 Å². The van der Waals surface area contributed by atoms with Crippen LogP contribution in [0.3, 0.4) is 0 Å². The molecule has 2 rings (SSSR count). The van der Waals surface area contributed by atoms with E-state index in [2.05, 4.69) is 25.9 Å². The zero-order valence-electron chi connectivity index (χ0n) is 14.3. The van der Waals surface area contributed by atoms with Gasteiger partial charge in [-0.1, -0.05) is 18.2 Å². The van der Waals surface area contributed by atoms with Crippen molar-refractivity contribution < 1.29 is 4.39 Å². The molecule has 0 bridgehead atoms. The van der Waals surface area contributed by atoms with E-state index in [4.69, 9.17) is 0 Å². The summed E-state index contributed by atoms with van der Waals surface area (Å²) in [6.45, 7) is 2.34. The molecule has 0 radical (unpaired) electrons. The number of benzene rings is 1. The summed E-state index contributed by atoms with van der Waals surface area (Å²) in [5, 5.41) is 9.77. The summed E-state index contributed by atoms with van der Waals surface area (Å²) in [5.74, 6) is 1.43. The van der Waals surface area contributed by atoms with Crippen LogP contribution in [0.1, 0.15) is 18.4 Å². The number of halogens is 2. The number of aromatic nitrogens is 1. The molecule has 1 aromatic carbocycles. The number of rotatable bonds is 8. The second-order valence-electron chi connectivity index (χ2n) is 5.33. The molecule has 5 nitrogen and oxygen atoms in total. The molecule has 0 aliphatic carbocycles. The van der Waals surface area contributed by atoms with Crippen LogP contribution in [-0.2, 0) is 6.54 Å². The van der Waals surface area contributed by atoms with E-state index in [0.29, 0.717) is 6.54 Å². The van der Waals surface area contributed by atoms with Gasteiger partial charge in [-0.05, 0) is 42.7 Å². The lowest BCUT2D eigenvalue weighted by Crippen LogP contribution is -2.37. The van der Waals surface area contributed by atoms with Gasteiger partial charge < -0.3 is 16.0 Å². The maximum atomic E-state index is 12.9. The molecule has 0 amide bonds. The van der Waals surface area contributed by atoms with Gasteiger partial charge >= 0.3 is 0 Å². The number of guanidine groups is 1. The molecule has 0 aliphatic rings. The Kier molecular flexibility index (Phi) is 10.5. The van der Waals surface area contributed by atoms with Crippen LogP contribution in [0.5, 0.6) is 0 Å². The van der Waals surface area contributed by atoms with Crippen molar-refractivity contribution >= 4 is 35.8 Å². The van der Waals surface area contributed by atoms with Crippen molar-refractivity contribution in [2.24, 2.45) is 4.99 Å². The molecule has 136 valence electrons. The van der Waals surface area contributed by atoms with E-state index in [-0.39, 0.29) is 29.8 Å². The molecule has 0 fully saturated rings. The largest absolute Gasteiger partial charge is 0.370 e. The number of pyridine rings is 1. The highest BCUT2D eigenvalue weighted by atomic mass is 127. The van der Waals surface area contributed by atoms with Gasteiger partial charge in [0, 0.05) is 32.9 Å². The van der Waals surface area contributed by atoms with Gasteiger partial charge in [0.05, 0.1) is 0 Å². The molecule has 2 aromatic rings. The minimum Gasteiger partial charge on any atom is -0.370 e. The Morgan fingerprint density at radius 1 is 1.04 bits per heavy atom. The number of nitrogens with one attached hydrogen (secondary N) is 3. The first-order valence-electron chi connectivity index (χ1n) is 8.12. The summed E-state index contributed by atoms with van der Waals surface area (Å²) in [6, 6.07) is 12.3. The Labute approximate surface area is 165 Å². The zero-order chi connectivity index (χ0) is 17.0.